The molecule has 1 rings (SSSR count). The Bertz CT molecular complexity index is 567. The number of nitrogens with one attached hydrogen (secondary N) is 2. The number of carbonyl (C=O) groups excluding carboxylic acids is 1. The predicted molar refractivity (Wildman–Crippen MR) is 84.7 cm³/mol. The van der Waals surface area contributed by atoms with Crippen molar-refractivity contribution < 1.29 is 13.2 Å². The molecule has 1 heterocycles. The second-order valence-corrected chi connectivity index (χ2v) is 9.32. The molecule has 0 aliphatic rings. The van der Waals surface area contributed by atoms with E-state index in [0.29, 0.717) is 15.2 Å². The highest BCUT2D eigenvalue weighted by atomic mass is 79.9. The molecule has 1 aromatic rings. The Morgan fingerprint density at radius 3 is 2.50 bits per heavy atom. The number of hydrogen-bond donors (Lipinski definition) is 2. The van der Waals surface area contributed by atoms with Gasteiger partial charge in [-0.1, -0.05) is 25.4 Å². The van der Waals surface area contributed by atoms with E-state index in [9.17, 15) is 13.2 Å². The maximum absolute atomic E-state index is 12.2. The summed E-state index contributed by atoms with van der Waals surface area (Å²) in [7, 11) is -2.29. The van der Waals surface area contributed by atoms with E-state index >= 15 is 0 Å². The summed E-state index contributed by atoms with van der Waals surface area (Å²) < 4.78 is 27.5. The molecule has 1 atom stereocenters. The molecule has 0 spiro atoms. The van der Waals surface area contributed by atoms with Gasteiger partial charge in [-0.2, -0.15) is 4.72 Å². The van der Waals surface area contributed by atoms with Crippen molar-refractivity contribution in [3.63, 3.8) is 0 Å². The second kappa shape index (κ2) is 7.22. The van der Waals surface area contributed by atoms with Gasteiger partial charge in [0.15, 0.2) is 0 Å². The zero-order valence-electron chi connectivity index (χ0n) is 11.2. The Hall–Kier alpha value is -0.150. The van der Waals surface area contributed by atoms with Crippen molar-refractivity contribution in [3.05, 3.63) is 14.9 Å². The van der Waals surface area contributed by atoms with Gasteiger partial charge in [-0.05, 0) is 34.3 Å². The highest BCUT2D eigenvalue weighted by Gasteiger charge is 2.27. The smallest absolute Gasteiger partial charge is 0.250 e. The second-order valence-electron chi connectivity index (χ2n) is 4.60. The SMILES string of the molecule is CNC(=O)C(CC(C)C)NS(=O)(=O)c1cc(Cl)c(Br)s1. The summed E-state index contributed by atoms with van der Waals surface area (Å²) in [5.41, 5.74) is 0. The summed E-state index contributed by atoms with van der Waals surface area (Å²) in [6, 6.07) is 0.555. The molecule has 9 heteroatoms. The monoisotopic (exact) mass is 402 g/mol. The number of thiophene rings is 1. The summed E-state index contributed by atoms with van der Waals surface area (Å²) in [5.74, 6) is -0.178. The van der Waals surface area contributed by atoms with Crippen molar-refractivity contribution in [3.8, 4) is 0 Å². The summed E-state index contributed by atoms with van der Waals surface area (Å²) >= 11 is 10.0. The van der Waals surface area contributed by atoms with Crippen LogP contribution in [0.4, 0.5) is 0 Å². The molecule has 1 unspecified atom stereocenters. The van der Waals surface area contributed by atoms with Crippen LogP contribution in [0.15, 0.2) is 14.1 Å². The third-order valence-corrected chi connectivity index (χ3v) is 6.87. The fraction of sp³-hybridized carbons (Fsp3) is 0.545. The van der Waals surface area contributed by atoms with Crippen molar-refractivity contribution in [1.29, 1.82) is 0 Å². The lowest BCUT2D eigenvalue weighted by Crippen LogP contribution is -2.46. The average Bonchev–Trinajstić information content (AvgIpc) is 2.68. The van der Waals surface area contributed by atoms with Gasteiger partial charge in [-0.25, -0.2) is 8.42 Å². The molecular formula is C11H16BrClN2O3S2. The van der Waals surface area contributed by atoms with Gasteiger partial charge in [0.2, 0.25) is 5.91 Å². The van der Waals surface area contributed by atoms with Gasteiger partial charge in [0.05, 0.1) is 8.81 Å². The van der Waals surface area contributed by atoms with Gasteiger partial charge in [0.1, 0.15) is 10.3 Å². The number of halogens is 2. The fourth-order valence-electron chi connectivity index (χ4n) is 1.56. The third-order valence-electron chi connectivity index (χ3n) is 2.45. The number of rotatable bonds is 6. The lowest BCUT2D eigenvalue weighted by Gasteiger charge is -2.18. The average molecular weight is 404 g/mol. The molecule has 0 saturated heterocycles. The molecule has 0 aliphatic carbocycles. The molecule has 5 nitrogen and oxygen atoms in total. The Morgan fingerprint density at radius 2 is 2.10 bits per heavy atom. The summed E-state index contributed by atoms with van der Waals surface area (Å²) in [6.07, 6.45) is 0.416. The van der Waals surface area contributed by atoms with Crippen LogP contribution in [0.5, 0.6) is 0 Å². The van der Waals surface area contributed by atoms with Gasteiger partial charge in [-0.3, -0.25) is 4.79 Å². The molecular weight excluding hydrogens is 388 g/mol. The van der Waals surface area contributed by atoms with Crippen LogP contribution >= 0.6 is 38.9 Å². The van der Waals surface area contributed by atoms with E-state index in [-0.39, 0.29) is 16.0 Å². The fourth-order valence-corrected chi connectivity index (χ4v) is 5.18. The highest BCUT2D eigenvalue weighted by Crippen LogP contribution is 2.34. The minimum Gasteiger partial charge on any atom is -0.358 e. The van der Waals surface area contributed by atoms with Crippen LogP contribution in [0.1, 0.15) is 20.3 Å². The number of hydrogen-bond acceptors (Lipinski definition) is 4. The molecule has 0 bridgehead atoms. The van der Waals surface area contributed by atoms with Crippen LogP contribution in [-0.2, 0) is 14.8 Å². The van der Waals surface area contributed by atoms with Crippen molar-refractivity contribution in [1.82, 2.24) is 10.0 Å². The lowest BCUT2D eigenvalue weighted by atomic mass is 10.0. The molecule has 20 heavy (non-hydrogen) atoms. The molecule has 0 aliphatic heterocycles. The van der Waals surface area contributed by atoms with E-state index in [4.69, 9.17) is 11.6 Å². The first-order valence-electron chi connectivity index (χ1n) is 5.86. The number of carbonyl (C=O) groups is 1. The molecule has 0 saturated carbocycles. The van der Waals surface area contributed by atoms with E-state index in [1.807, 2.05) is 13.8 Å². The first kappa shape index (κ1) is 17.9. The van der Waals surface area contributed by atoms with Crippen LogP contribution in [0.25, 0.3) is 0 Å². The normalized spacial score (nSPS) is 13.5. The van der Waals surface area contributed by atoms with Crippen LogP contribution in [0, 0.1) is 5.92 Å². The molecule has 1 aromatic heterocycles. The van der Waals surface area contributed by atoms with Crippen molar-refractivity contribution >= 4 is 54.8 Å². The standard InChI is InChI=1S/C11H16BrClN2O3S2/c1-6(2)4-8(11(16)14-3)15-20(17,18)9-5-7(13)10(12)19-9/h5-6,8,15H,4H2,1-3H3,(H,14,16). The van der Waals surface area contributed by atoms with Crippen LogP contribution in [0.3, 0.4) is 0 Å². The minimum absolute atomic E-state index is 0.0760. The van der Waals surface area contributed by atoms with Crippen molar-refractivity contribution in [2.75, 3.05) is 7.05 Å². The Labute approximate surface area is 136 Å². The number of amides is 1. The Balaban J connectivity index is 2.99. The van der Waals surface area contributed by atoms with Crippen LogP contribution < -0.4 is 10.0 Å². The topological polar surface area (TPSA) is 75.3 Å². The maximum atomic E-state index is 12.2. The Kier molecular flexibility index (Phi) is 6.46. The zero-order chi connectivity index (χ0) is 15.5. The molecule has 1 amide bonds. The molecule has 2 N–H and O–H groups in total. The highest BCUT2D eigenvalue weighted by molar-refractivity contribution is 9.11. The number of sulfonamides is 1. The largest absolute Gasteiger partial charge is 0.358 e. The maximum Gasteiger partial charge on any atom is 0.250 e. The van der Waals surface area contributed by atoms with Crippen LogP contribution in [0.2, 0.25) is 5.02 Å². The predicted octanol–water partition coefficient (Wildman–Crippen LogP) is 2.60. The molecule has 0 aromatic carbocycles. The van der Waals surface area contributed by atoms with Crippen molar-refractivity contribution in [2.24, 2.45) is 5.92 Å². The number of likely N-dealkylation sites (N-methyl/N-ethyl adjacent to an activating group) is 1. The van der Waals surface area contributed by atoms with Gasteiger partial charge in [0, 0.05) is 7.05 Å². The van der Waals surface area contributed by atoms with E-state index in [2.05, 4.69) is 26.0 Å². The van der Waals surface area contributed by atoms with Crippen molar-refractivity contribution in [2.45, 2.75) is 30.5 Å². The van der Waals surface area contributed by atoms with E-state index in [1.54, 1.807) is 0 Å². The van der Waals surface area contributed by atoms with E-state index < -0.39 is 16.1 Å². The molecule has 114 valence electrons. The first-order chi connectivity index (χ1) is 9.17. The summed E-state index contributed by atoms with van der Waals surface area (Å²) in [6.45, 7) is 3.84. The minimum atomic E-state index is -3.77. The zero-order valence-corrected chi connectivity index (χ0v) is 15.2. The first-order valence-corrected chi connectivity index (χ1v) is 9.33. The van der Waals surface area contributed by atoms with E-state index in [1.165, 1.54) is 13.1 Å². The Morgan fingerprint density at radius 1 is 1.50 bits per heavy atom. The third kappa shape index (κ3) is 4.70. The van der Waals surface area contributed by atoms with Gasteiger partial charge in [0.25, 0.3) is 10.0 Å². The van der Waals surface area contributed by atoms with Gasteiger partial charge in [-0.15, -0.1) is 11.3 Å². The quantitative estimate of drug-likeness (QED) is 0.766. The van der Waals surface area contributed by atoms with Crippen LogP contribution in [-0.4, -0.2) is 27.4 Å². The lowest BCUT2D eigenvalue weighted by molar-refractivity contribution is -0.122. The summed E-state index contributed by atoms with van der Waals surface area (Å²) in [4.78, 5) is 11.8. The van der Waals surface area contributed by atoms with Gasteiger partial charge < -0.3 is 5.32 Å². The van der Waals surface area contributed by atoms with E-state index in [0.717, 1.165) is 11.3 Å². The van der Waals surface area contributed by atoms with Gasteiger partial charge >= 0.3 is 0 Å². The molecule has 0 fully saturated rings. The molecule has 0 radical (unpaired) electrons. The summed E-state index contributed by atoms with van der Waals surface area (Å²) in [5, 5.41) is 2.79.